The van der Waals surface area contributed by atoms with Crippen molar-refractivity contribution in [3.05, 3.63) is 40.4 Å². The molecule has 0 heterocycles. The van der Waals surface area contributed by atoms with Gasteiger partial charge in [-0.05, 0) is 38.0 Å². The minimum Gasteiger partial charge on any atom is -0.496 e. The first kappa shape index (κ1) is 15.9. The van der Waals surface area contributed by atoms with E-state index in [-0.39, 0.29) is 0 Å². The minimum atomic E-state index is 0.451. The van der Waals surface area contributed by atoms with Gasteiger partial charge in [-0.2, -0.15) is 0 Å². The monoisotopic (exact) mass is 351 g/mol. The van der Waals surface area contributed by atoms with Gasteiger partial charge in [0.1, 0.15) is 5.75 Å². The summed E-state index contributed by atoms with van der Waals surface area (Å²) in [6.45, 7) is 3.50. The second-order valence-corrected chi connectivity index (χ2v) is 5.85. The molecule has 0 saturated heterocycles. The van der Waals surface area contributed by atoms with Gasteiger partial charge >= 0.3 is 0 Å². The molecule has 1 aliphatic rings. The highest BCUT2D eigenvalue weighted by molar-refractivity contribution is 9.10. The Kier molecular flexibility index (Phi) is 6.11. The van der Waals surface area contributed by atoms with Crippen LogP contribution in [-0.4, -0.2) is 25.7 Å². The molecule has 0 bridgehead atoms. The summed E-state index contributed by atoms with van der Waals surface area (Å²) in [5, 5.41) is 6.75. The summed E-state index contributed by atoms with van der Waals surface area (Å²) in [4.78, 5) is 4.66. The average molecular weight is 352 g/mol. The maximum absolute atomic E-state index is 5.39. The van der Waals surface area contributed by atoms with E-state index >= 15 is 0 Å². The predicted octanol–water partition coefficient (Wildman–Crippen LogP) is 3.23. The van der Waals surface area contributed by atoms with E-state index in [4.69, 9.17) is 4.74 Å². The van der Waals surface area contributed by atoms with Crippen molar-refractivity contribution >= 4 is 21.9 Å². The van der Waals surface area contributed by atoms with Crippen LogP contribution in [0.1, 0.15) is 25.3 Å². The third-order valence-electron chi connectivity index (χ3n) is 3.34. The van der Waals surface area contributed by atoms with Crippen LogP contribution >= 0.6 is 15.9 Å². The lowest BCUT2D eigenvalue weighted by molar-refractivity contribution is 0.409. The van der Waals surface area contributed by atoms with Crippen molar-refractivity contribution < 1.29 is 4.74 Å². The van der Waals surface area contributed by atoms with Crippen molar-refractivity contribution in [2.75, 3.05) is 13.7 Å². The smallest absolute Gasteiger partial charge is 0.191 e. The molecule has 1 aliphatic carbocycles. The van der Waals surface area contributed by atoms with Crippen molar-refractivity contribution in [1.29, 1.82) is 0 Å². The fourth-order valence-electron chi connectivity index (χ4n) is 2.28. The van der Waals surface area contributed by atoms with E-state index in [0.29, 0.717) is 12.6 Å². The number of aliphatic imine (C=N–C) groups is 1. The SMILES string of the molecule is CCNC(=NCc1cc(Br)ccc1OC)NC1CC=CC1. The molecule has 4 nitrogen and oxygen atoms in total. The third kappa shape index (κ3) is 4.77. The van der Waals surface area contributed by atoms with Crippen molar-refractivity contribution in [1.82, 2.24) is 10.6 Å². The van der Waals surface area contributed by atoms with Crippen LogP contribution in [0.2, 0.25) is 0 Å². The quantitative estimate of drug-likeness (QED) is 0.486. The summed E-state index contributed by atoms with van der Waals surface area (Å²) >= 11 is 3.49. The van der Waals surface area contributed by atoms with E-state index in [2.05, 4.69) is 50.6 Å². The highest BCUT2D eigenvalue weighted by atomic mass is 79.9. The van der Waals surface area contributed by atoms with Crippen LogP contribution in [0, 0.1) is 0 Å². The van der Waals surface area contributed by atoms with Gasteiger partial charge in [0.15, 0.2) is 5.96 Å². The van der Waals surface area contributed by atoms with Crippen molar-refractivity contribution in [2.24, 2.45) is 4.99 Å². The molecule has 0 atom stereocenters. The molecule has 0 radical (unpaired) electrons. The normalized spacial score (nSPS) is 15.3. The second kappa shape index (κ2) is 8.08. The number of nitrogens with one attached hydrogen (secondary N) is 2. The van der Waals surface area contributed by atoms with Gasteiger partial charge in [0.25, 0.3) is 0 Å². The highest BCUT2D eigenvalue weighted by Gasteiger charge is 2.11. The first-order chi connectivity index (χ1) is 10.2. The van der Waals surface area contributed by atoms with Crippen LogP contribution in [0.15, 0.2) is 39.8 Å². The Hall–Kier alpha value is -1.49. The molecule has 0 amide bonds. The van der Waals surface area contributed by atoms with Crippen LogP contribution in [0.5, 0.6) is 5.75 Å². The zero-order valence-electron chi connectivity index (χ0n) is 12.5. The van der Waals surface area contributed by atoms with Crippen molar-refractivity contribution in [3.63, 3.8) is 0 Å². The topological polar surface area (TPSA) is 45.7 Å². The minimum absolute atomic E-state index is 0.451. The van der Waals surface area contributed by atoms with Gasteiger partial charge in [0.2, 0.25) is 0 Å². The molecule has 1 aromatic carbocycles. The van der Waals surface area contributed by atoms with Crippen LogP contribution in [-0.2, 0) is 6.54 Å². The number of rotatable bonds is 5. The van der Waals surface area contributed by atoms with Gasteiger partial charge in [0, 0.05) is 22.6 Å². The summed E-state index contributed by atoms with van der Waals surface area (Å²) < 4.78 is 6.42. The molecule has 0 unspecified atom stereocenters. The standard InChI is InChI=1S/C16H22BrN3O/c1-3-18-16(20-14-6-4-5-7-14)19-11-12-10-13(17)8-9-15(12)21-2/h4-5,8-10,14H,3,6-7,11H2,1-2H3,(H2,18,19,20). The predicted molar refractivity (Wildman–Crippen MR) is 90.8 cm³/mol. The number of ether oxygens (including phenoxy) is 1. The summed E-state index contributed by atoms with van der Waals surface area (Å²) in [6, 6.07) is 6.42. The molecular formula is C16H22BrN3O. The lowest BCUT2D eigenvalue weighted by Crippen LogP contribution is -2.42. The van der Waals surface area contributed by atoms with Gasteiger partial charge in [-0.15, -0.1) is 0 Å². The highest BCUT2D eigenvalue weighted by Crippen LogP contribution is 2.23. The number of hydrogen-bond acceptors (Lipinski definition) is 2. The third-order valence-corrected chi connectivity index (χ3v) is 3.84. The number of benzene rings is 1. The Morgan fingerprint density at radius 3 is 2.81 bits per heavy atom. The molecule has 2 rings (SSSR count). The maximum atomic E-state index is 5.39. The molecule has 0 spiro atoms. The summed E-state index contributed by atoms with van der Waals surface area (Å²) in [5.74, 6) is 1.72. The largest absolute Gasteiger partial charge is 0.496 e. The Labute approximate surface area is 134 Å². The molecule has 21 heavy (non-hydrogen) atoms. The number of nitrogens with zero attached hydrogens (tertiary/aromatic N) is 1. The fourth-order valence-corrected chi connectivity index (χ4v) is 2.69. The van der Waals surface area contributed by atoms with Crippen molar-refractivity contribution in [2.45, 2.75) is 32.4 Å². The number of halogens is 1. The lowest BCUT2D eigenvalue weighted by Gasteiger charge is -2.17. The van der Waals surface area contributed by atoms with E-state index in [0.717, 1.165) is 41.1 Å². The van der Waals surface area contributed by atoms with Crippen LogP contribution in [0.25, 0.3) is 0 Å². The first-order valence-electron chi connectivity index (χ1n) is 7.25. The number of hydrogen-bond donors (Lipinski definition) is 2. The average Bonchev–Trinajstić information content (AvgIpc) is 2.98. The number of guanidine groups is 1. The van der Waals surface area contributed by atoms with Gasteiger partial charge in [-0.1, -0.05) is 28.1 Å². The zero-order valence-corrected chi connectivity index (χ0v) is 14.1. The van der Waals surface area contributed by atoms with Crippen LogP contribution in [0.3, 0.4) is 0 Å². The van der Waals surface area contributed by atoms with Crippen molar-refractivity contribution in [3.8, 4) is 5.75 Å². The molecular weight excluding hydrogens is 330 g/mol. The van der Waals surface area contributed by atoms with Gasteiger partial charge in [-0.3, -0.25) is 0 Å². The van der Waals surface area contributed by atoms with Crippen LogP contribution in [0.4, 0.5) is 0 Å². The summed E-state index contributed by atoms with van der Waals surface area (Å²) in [5.41, 5.74) is 1.06. The second-order valence-electron chi connectivity index (χ2n) is 4.94. The van der Waals surface area contributed by atoms with Gasteiger partial charge in [0.05, 0.1) is 13.7 Å². The van der Waals surface area contributed by atoms with Gasteiger partial charge < -0.3 is 15.4 Å². The molecule has 0 fully saturated rings. The van der Waals surface area contributed by atoms with E-state index < -0.39 is 0 Å². The maximum Gasteiger partial charge on any atom is 0.191 e. The van der Waals surface area contributed by atoms with E-state index in [1.54, 1.807) is 7.11 Å². The van der Waals surface area contributed by atoms with Crippen LogP contribution < -0.4 is 15.4 Å². The zero-order chi connectivity index (χ0) is 15.1. The fraction of sp³-hybridized carbons (Fsp3) is 0.438. The molecule has 0 aliphatic heterocycles. The van der Waals surface area contributed by atoms with E-state index in [9.17, 15) is 0 Å². The first-order valence-corrected chi connectivity index (χ1v) is 8.04. The molecule has 1 aromatic rings. The Morgan fingerprint density at radius 1 is 1.38 bits per heavy atom. The Morgan fingerprint density at radius 2 is 2.14 bits per heavy atom. The Balaban J connectivity index is 2.05. The molecule has 0 aromatic heterocycles. The lowest BCUT2D eigenvalue weighted by atomic mass is 10.2. The Bertz CT molecular complexity index is 520. The molecule has 5 heteroatoms. The molecule has 2 N–H and O–H groups in total. The molecule has 0 saturated carbocycles. The summed E-state index contributed by atoms with van der Waals surface area (Å²) in [7, 11) is 1.68. The van der Waals surface area contributed by atoms with E-state index in [1.165, 1.54) is 0 Å². The molecule has 114 valence electrons. The number of methoxy groups -OCH3 is 1. The summed E-state index contributed by atoms with van der Waals surface area (Å²) in [6.07, 6.45) is 6.53. The van der Waals surface area contributed by atoms with E-state index in [1.807, 2.05) is 18.2 Å². The van der Waals surface area contributed by atoms with Gasteiger partial charge in [-0.25, -0.2) is 4.99 Å².